The molecule has 0 bridgehead atoms. The largest absolute Gasteiger partial charge is 0.519 e. The maximum Gasteiger partial charge on any atom is 0.519 e. The molecule has 0 amide bonds. The molecule has 0 spiro atoms. The van der Waals surface area contributed by atoms with E-state index in [1.807, 2.05) is 55.5 Å². The minimum absolute atomic E-state index is 0.0764. The molecule has 19 nitrogen and oxygen atoms in total. The number of carbonyl (C=O) groups is 2. The van der Waals surface area contributed by atoms with Crippen LogP contribution in [0.1, 0.15) is 85.0 Å². The van der Waals surface area contributed by atoms with Crippen molar-refractivity contribution in [2.24, 2.45) is 0 Å². The van der Waals surface area contributed by atoms with Crippen molar-refractivity contribution >= 4 is 12.1 Å². The van der Waals surface area contributed by atoms with E-state index in [1.165, 1.54) is 19.1 Å². The molecule has 6 aromatic rings. The van der Waals surface area contributed by atoms with Crippen molar-refractivity contribution in [3.05, 3.63) is 123 Å². The molecule has 58 heavy (non-hydrogen) atoms. The number of nitrogens with zero attached hydrogens (tertiary/aromatic N) is 7. The predicted octanol–water partition coefficient (Wildman–Crippen LogP) is 5.89. The van der Waals surface area contributed by atoms with Gasteiger partial charge in [0, 0.05) is 18.5 Å². The first-order valence-corrected chi connectivity index (χ1v) is 18.0. The molecule has 0 aliphatic carbocycles. The molecule has 6 rings (SSSR count). The van der Waals surface area contributed by atoms with E-state index in [9.17, 15) is 19.5 Å². The molecule has 0 fully saturated rings. The van der Waals surface area contributed by atoms with E-state index in [4.69, 9.17) is 33.5 Å². The molecule has 3 aromatic heterocycles. The summed E-state index contributed by atoms with van der Waals surface area (Å²) in [5.74, 6) is -0.396. The molecular formula is C39H41N7O12. The van der Waals surface area contributed by atoms with Gasteiger partial charge in [0.2, 0.25) is 12.1 Å². The summed E-state index contributed by atoms with van der Waals surface area (Å²) in [4.78, 5) is 48.1. The van der Waals surface area contributed by atoms with E-state index >= 15 is 0 Å². The van der Waals surface area contributed by atoms with Crippen LogP contribution in [0.2, 0.25) is 0 Å². The highest BCUT2D eigenvalue weighted by Crippen LogP contribution is 2.32. The standard InChI is InChI=1S/C39H41N7O12/c1-6-10-32-40-34(39(4,5)50)33(36(47)53-22-31-23(2)55-37(48)58-31)44(32)20-25-15-17-27(18-16-25)29-13-7-8-14-30(29)35-41-43-45(42-35)24(3)56-38(49)57-28-12-9-11-26(19-28)21-54-46(51)52/h7-9,11-19,24,50-52H,6,10,20-22H2,1-5H3. The molecule has 3 heterocycles. The Bertz CT molecular complexity index is 2430. The van der Waals surface area contributed by atoms with E-state index < -0.39 is 35.2 Å². The summed E-state index contributed by atoms with van der Waals surface area (Å²) in [5, 5.41) is 40.9. The smallest absolute Gasteiger partial charge is 0.453 e. The Morgan fingerprint density at radius 1 is 0.966 bits per heavy atom. The Labute approximate surface area is 330 Å². The van der Waals surface area contributed by atoms with Crippen LogP contribution in [0.15, 0.2) is 86.4 Å². The number of ether oxygens (including phenoxy) is 3. The van der Waals surface area contributed by atoms with E-state index in [-0.39, 0.29) is 54.2 Å². The van der Waals surface area contributed by atoms with Crippen LogP contribution in [-0.4, -0.2) is 62.8 Å². The Morgan fingerprint density at radius 2 is 1.71 bits per heavy atom. The molecule has 0 aliphatic heterocycles. The van der Waals surface area contributed by atoms with Crippen molar-refractivity contribution in [3.8, 4) is 28.3 Å². The fourth-order valence-electron chi connectivity index (χ4n) is 5.95. The van der Waals surface area contributed by atoms with Gasteiger partial charge in [-0.15, -0.1) is 15.0 Å². The Morgan fingerprint density at radius 3 is 2.38 bits per heavy atom. The number of imidazole rings is 1. The van der Waals surface area contributed by atoms with E-state index in [2.05, 4.69) is 25.2 Å². The predicted molar refractivity (Wildman–Crippen MR) is 199 cm³/mol. The summed E-state index contributed by atoms with van der Waals surface area (Å²) in [6.07, 6.45) is -0.785. The van der Waals surface area contributed by atoms with Crippen LogP contribution in [0.25, 0.3) is 22.5 Å². The zero-order chi connectivity index (χ0) is 41.6. The normalized spacial score (nSPS) is 12.2. The van der Waals surface area contributed by atoms with Crippen molar-refractivity contribution < 1.29 is 53.0 Å². The molecule has 1 unspecified atom stereocenters. The highest BCUT2D eigenvalue weighted by molar-refractivity contribution is 5.89. The topological polar surface area (TPSA) is 240 Å². The number of rotatable bonds is 16. The quantitative estimate of drug-likeness (QED) is 0.0587. The zero-order valence-corrected chi connectivity index (χ0v) is 32.2. The van der Waals surface area contributed by atoms with E-state index in [1.54, 1.807) is 37.5 Å². The van der Waals surface area contributed by atoms with Gasteiger partial charge in [-0.3, -0.25) is 10.4 Å². The first-order chi connectivity index (χ1) is 27.7. The SMILES string of the molecule is CCCc1nc(C(C)(C)O)c(C(=O)OCc2oc(=O)oc2C)n1Cc1ccc(-c2ccccc2-c2nnn(C(C)OC(=O)Oc3cccc(CON(O)O)c3)n2)cc1. The van der Waals surface area contributed by atoms with Crippen LogP contribution in [0.4, 0.5) is 4.79 Å². The van der Waals surface area contributed by atoms with Gasteiger partial charge in [0.25, 0.3) is 0 Å². The Kier molecular flexibility index (Phi) is 12.6. The second-order valence-corrected chi connectivity index (χ2v) is 13.5. The van der Waals surface area contributed by atoms with Crippen LogP contribution < -0.4 is 10.6 Å². The molecule has 304 valence electrons. The molecule has 0 saturated heterocycles. The van der Waals surface area contributed by atoms with E-state index in [0.29, 0.717) is 23.4 Å². The third-order valence-corrected chi connectivity index (χ3v) is 8.70. The van der Waals surface area contributed by atoms with Crippen LogP contribution >= 0.6 is 0 Å². The molecule has 0 aliphatic rings. The second-order valence-electron chi connectivity index (χ2n) is 13.5. The van der Waals surface area contributed by atoms with Crippen molar-refractivity contribution in [1.29, 1.82) is 0 Å². The minimum atomic E-state index is -1.48. The van der Waals surface area contributed by atoms with Crippen molar-refractivity contribution in [1.82, 2.24) is 35.1 Å². The Hall–Kier alpha value is -6.51. The van der Waals surface area contributed by atoms with Crippen molar-refractivity contribution in [2.45, 2.75) is 79.0 Å². The van der Waals surface area contributed by atoms with Gasteiger partial charge < -0.3 is 32.7 Å². The number of aryl methyl sites for hydroxylation is 2. The number of aromatic nitrogens is 6. The second kappa shape index (κ2) is 17.7. The molecule has 1 atom stereocenters. The Balaban J connectivity index is 1.18. The van der Waals surface area contributed by atoms with Crippen LogP contribution in [0.3, 0.4) is 0 Å². The van der Waals surface area contributed by atoms with Crippen molar-refractivity contribution in [3.63, 3.8) is 0 Å². The lowest BCUT2D eigenvalue weighted by Crippen LogP contribution is -2.23. The number of tetrazole rings is 1. The van der Waals surface area contributed by atoms with Crippen LogP contribution in [-0.2, 0) is 46.1 Å². The lowest BCUT2D eigenvalue weighted by atomic mass is 9.98. The maximum atomic E-state index is 13.7. The molecule has 19 heteroatoms. The fourth-order valence-corrected chi connectivity index (χ4v) is 5.95. The molecule has 3 N–H and O–H groups in total. The summed E-state index contributed by atoms with van der Waals surface area (Å²) in [6, 6.07) is 21.3. The van der Waals surface area contributed by atoms with Crippen LogP contribution in [0, 0.1) is 6.92 Å². The van der Waals surface area contributed by atoms with Gasteiger partial charge in [0.05, 0.1) is 12.0 Å². The number of hydrogen-bond acceptors (Lipinski definition) is 17. The average molecular weight is 800 g/mol. The molecule has 0 saturated carbocycles. The van der Waals surface area contributed by atoms with Crippen LogP contribution in [0.5, 0.6) is 5.75 Å². The summed E-state index contributed by atoms with van der Waals surface area (Å²) in [7, 11) is 0. The number of esters is 1. The molecular weight excluding hydrogens is 758 g/mol. The number of carbonyl (C=O) groups excluding carboxylic acids is 2. The maximum absolute atomic E-state index is 13.7. The average Bonchev–Trinajstić information content (AvgIpc) is 3.90. The summed E-state index contributed by atoms with van der Waals surface area (Å²) in [5.41, 5.74) is 2.35. The van der Waals surface area contributed by atoms with Gasteiger partial charge in [0.1, 0.15) is 22.9 Å². The number of aliphatic hydroxyl groups is 1. The van der Waals surface area contributed by atoms with Gasteiger partial charge in [-0.05, 0) is 73.7 Å². The lowest BCUT2D eigenvalue weighted by molar-refractivity contribution is -0.497. The summed E-state index contributed by atoms with van der Waals surface area (Å²) < 4.78 is 27.8. The first kappa shape index (κ1) is 41.1. The number of benzene rings is 3. The summed E-state index contributed by atoms with van der Waals surface area (Å²) >= 11 is 0. The summed E-state index contributed by atoms with van der Waals surface area (Å²) in [6.45, 7) is 7.82. The van der Waals surface area contributed by atoms with Gasteiger partial charge in [0.15, 0.2) is 23.8 Å². The van der Waals surface area contributed by atoms with Crippen molar-refractivity contribution in [2.75, 3.05) is 0 Å². The fraction of sp³-hybridized carbons (Fsp3) is 0.308. The highest BCUT2D eigenvalue weighted by Gasteiger charge is 2.33. The van der Waals surface area contributed by atoms with E-state index in [0.717, 1.165) is 27.9 Å². The van der Waals surface area contributed by atoms with Gasteiger partial charge in [-0.1, -0.05) is 67.6 Å². The highest BCUT2D eigenvalue weighted by atomic mass is 17.1. The first-order valence-electron chi connectivity index (χ1n) is 18.0. The zero-order valence-electron chi connectivity index (χ0n) is 32.2. The third-order valence-electron chi connectivity index (χ3n) is 8.70. The molecule has 3 aromatic carbocycles. The third kappa shape index (κ3) is 9.89. The molecule has 0 radical (unpaired) electrons. The van der Waals surface area contributed by atoms with Gasteiger partial charge >= 0.3 is 17.9 Å². The van der Waals surface area contributed by atoms with Gasteiger partial charge in [-0.25, -0.2) is 24.2 Å². The monoisotopic (exact) mass is 799 g/mol. The minimum Gasteiger partial charge on any atom is -0.453 e. The van der Waals surface area contributed by atoms with Gasteiger partial charge in [-0.2, -0.15) is 0 Å². The number of hydrogen-bond donors (Lipinski definition) is 3. The lowest BCUT2D eigenvalue weighted by Gasteiger charge is -2.17.